The normalized spacial score (nSPS) is 14.1. The molecule has 1 fully saturated rings. The van der Waals surface area contributed by atoms with Crippen LogP contribution in [0.4, 0.5) is 5.69 Å². The molecule has 0 aromatic heterocycles. The third-order valence-corrected chi connectivity index (χ3v) is 8.49. The molecule has 1 heteroatoms. The summed E-state index contributed by atoms with van der Waals surface area (Å²) in [6, 6.07) is 48.5. The highest BCUT2D eigenvalue weighted by molar-refractivity contribution is 5.64. The molecule has 5 aromatic rings. The van der Waals surface area contributed by atoms with Crippen molar-refractivity contribution in [2.24, 2.45) is 0 Å². The first-order chi connectivity index (χ1) is 19.3. The molecule has 0 atom stereocenters. The fourth-order valence-electron chi connectivity index (χ4n) is 6.59. The van der Waals surface area contributed by atoms with Gasteiger partial charge in [0.25, 0.3) is 0 Å². The minimum Gasteiger partial charge on any atom is -0.398 e. The van der Waals surface area contributed by atoms with Crippen molar-refractivity contribution in [1.29, 1.82) is 0 Å². The average Bonchev–Trinajstić information content (AvgIpc) is 3.01. The topological polar surface area (TPSA) is 26.0 Å². The Morgan fingerprint density at radius 1 is 0.462 bits per heavy atom. The Labute approximate surface area is 233 Å². The molecule has 0 unspecified atom stereocenters. The van der Waals surface area contributed by atoms with Crippen molar-refractivity contribution >= 4 is 5.69 Å². The molecule has 5 aromatic carbocycles. The van der Waals surface area contributed by atoms with Gasteiger partial charge in [0.2, 0.25) is 0 Å². The van der Waals surface area contributed by atoms with Crippen LogP contribution in [-0.2, 0) is 0 Å². The largest absolute Gasteiger partial charge is 0.398 e. The van der Waals surface area contributed by atoms with Crippen LogP contribution in [0.1, 0.15) is 88.8 Å². The van der Waals surface area contributed by atoms with E-state index in [1.54, 1.807) is 0 Å². The summed E-state index contributed by atoms with van der Waals surface area (Å²) in [6.07, 6.45) is 6.33. The Bertz CT molecular complexity index is 1390. The highest BCUT2D eigenvalue weighted by atomic mass is 14.6. The van der Waals surface area contributed by atoms with Crippen molar-refractivity contribution < 1.29 is 0 Å². The van der Waals surface area contributed by atoms with Crippen molar-refractivity contribution in [2.45, 2.75) is 49.9 Å². The highest BCUT2D eigenvalue weighted by Crippen LogP contribution is 2.45. The molecule has 1 nitrogen and oxygen atoms in total. The predicted molar refractivity (Wildman–Crippen MR) is 164 cm³/mol. The number of hydrogen-bond donors (Lipinski definition) is 1. The lowest BCUT2D eigenvalue weighted by atomic mass is 9.75. The number of benzene rings is 5. The van der Waals surface area contributed by atoms with Gasteiger partial charge in [-0.15, -0.1) is 0 Å². The summed E-state index contributed by atoms with van der Waals surface area (Å²) in [5.41, 5.74) is 17.3. The van der Waals surface area contributed by atoms with Crippen LogP contribution < -0.4 is 5.73 Å². The third-order valence-electron chi connectivity index (χ3n) is 8.49. The van der Waals surface area contributed by atoms with E-state index in [-0.39, 0.29) is 11.8 Å². The van der Waals surface area contributed by atoms with Crippen LogP contribution in [-0.4, -0.2) is 0 Å². The minimum absolute atomic E-state index is 0.0712. The molecule has 1 aliphatic carbocycles. The molecule has 1 aliphatic rings. The van der Waals surface area contributed by atoms with Crippen LogP contribution in [0.15, 0.2) is 133 Å². The van der Waals surface area contributed by atoms with Gasteiger partial charge in [-0.2, -0.15) is 0 Å². The fraction of sp³-hybridized carbons (Fsp3) is 0.211. The van der Waals surface area contributed by atoms with E-state index in [0.29, 0.717) is 5.92 Å². The molecule has 0 bridgehead atoms. The van der Waals surface area contributed by atoms with Crippen molar-refractivity contribution in [2.75, 3.05) is 5.73 Å². The Morgan fingerprint density at radius 3 is 1.31 bits per heavy atom. The van der Waals surface area contributed by atoms with Gasteiger partial charge in [0, 0.05) is 17.5 Å². The monoisotopic (exact) mass is 507 g/mol. The zero-order valence-corrected chi connectivity index (χ0v) is 22.5. The molecule has 0 aliphatic heterocycles. The van der Waals surface area contributed by atoms with Gasteiger partial charge < -0.3 is 5.73 Å². The Morgan fingerprint density at radius 2 is 0.872 bits per heavy atom. The second-order valence-corrected chi connectivity index (χ2v) is 11.0. The van der Waals surface area contributed by atoms with Crippen LogP contribution in [0.5, 0.6) is 0 Å². The predicted octanol–water partition coefficient (Wildman–Crippen LogP) is 9.68. The van der Waals surface area contributed by atoms with Crippen LogP contribution in [0, 0.1) is 0 Å². The molecular weight excluding hydrogens is 470 g/mol. The van der Waals surface area contributed by atoms with E-state index in [2.05, 4.69) is 133 Å². The maximum atomic E-state index is 7.24. The van der Waals surface area contributed by atoms with E-state index < -0.39 is 0 Å². The maximum Gasteiger partial charge on any atom is 0.0391 e. The van der Waals surface area contributed by atoms with E-state index in [4.69, 9.17) is 5.73 Å². The number of nitrogen functional groups attached to an aromatic ring is 1. The summed E-state index contributed by atoms with van der Waals surface area (Å²) in [5.74, 6) is 0.722. The zero-order valence-electron chi connectivity index (χ0n) is 22.5. The lowest BCUT2D eigenvalue weighted by molar-refractivity contribution is 0.444. The summed E-state index contributed by atoms with van der Waals surface area (Å²) >= 11 is 0. The van der Waals surface area contributed by atoms with E-state index in [9.17, 15) is 0 Å². The number of nitrogens with two attached hydrogens (primary N) is 1. The van der Waals surface area contributed by atoms with E-state index in [1.165, 1.54) is 71.0 Å². The standard InChI is InChI=1S/C38H37N/c39-38-34(28-16-6-1-7-17-28)26-33(36(29-18-8-2-9-19-29)30-20-10-3-11-21-30)27-35(38)37(31-22-12-4-13-23-31)32-24-14-5-15-25-32/h2-5,8-15,18-28,36-37H,1,6-7,16-17,39H2. The maximum absolute atomic E-state index is 7.24. The fourth-order valence-corrected chi connectivity index (χ4v) is 6.59. The van der Waals surface area contributed by atoms with Crippen molar-refractivity contribution in [3.63, 3.8) is 0 Å². The summed E-state index contributed by atoms with van der Waals surface area (Å²) in [5, 5.41) is 0. The van der Waals surface area contributed by atoms with Gasteiger partial charge in [-0.1, -0.05) is 153 Å². The molecule has 0 spiro atoms. The molecule has 194 valence electrons. The molecule has 0 saturated heterocycles. The Kier molecular flexibility index (Phi) is 7.59. The first kappa shape index (κ1) is 25.2. The van der Waals surface area contributed by atoms with E-state index in [1.807, 2.05) is 0 Å². The van der Waals surface area contributed by atoms with Crippen molar-refractivity contribution in [3.05, 3.63) is 172 Å². The highest BCUT2D eigenvalue weighted by Gasteiger charge is 2.28. The summed E-state index contributed by atoms with van der Waals surface area (Å²) in [7, 11) is 0. The van der Waals surface area contributed by atoms with Crippen LogP contribution in [0.3, 0.4) is 0 Å². The second kappa shape index (κ2) is 11.7. The lowest BCUT2D eigenvalue weighted by Crippen LogP contribution is -2.15. The van der Waals surface area contributed by atoms with Crippen molar-refractivity contribution in [1.82, 2.24) is 0 Å². The first-order valence-electron chi connectivity index (χ1n) is 14.4. The molecule has 0 amide bonds. The SMILES string of the molecule is Nc1c(C2CCCCC2)cc(C(c2ccccc2)c2ccccc2)cc1C(c1ccccc1)c1ccccc1. The van der Waals surface area contributed by atoms with Gasteiger partial charge in [-0.25, -0.2) is 0 Å². The molecule has 1 saturated carbocycles. The Hall–Kier alpha value is -4.10. The van der Waals surface area contributed by atoms with Gasteiger partial charge in [-0.3, -0.25) is 0 Å². The van der Waals surface area contributed by atoms with E-state index >= 15 is 0 Å². The molecular formula is C38H37N. The quantitative estimate of drug-likeness (QED) is 0.172. The van der Waals surface area contributed by atoms with Gasteiger partial charge in [0.15, 0.2) is 0 Å². The third kappa shape index (κ3) is 5.40. The number of hydrogen-bond acceptors (Lipinski definition) is 1. The molecule has 2 N–H and O–H groups in total. The van der Waals surface area contributed by atoms with Crippen LogP contribution >= 0.6 is 0 Å². The average molecular weight is 508 g/mol. The van der Waals surface area contributed by atoms with Gasteiger partial charge in [0.1, 0.15) is 0 Å². The first-order valence-corrected chi connectivity index (χ1v) is 14.4. The molecule has 0 heterocycles. The van der Waals surface area contributed by atoms with Crippen molar-refractivity contribution in [3.8, 4) is 0 Å². The summed E-state index contributed by atoms with van der Waals surface area (Å²) in [4.78, 5) is 0. The van der Waals surface area contributed by atoms with Crippen LogP contribution in [0.2, 0.25) is 0 Å². The Balaban J connectivity index is 1.61. The zero-order chi connectivity index (χ0) is 26.4. The van der Waals surface area contributed by atoms with E-state index in [0.717, 1.165) is 5.69 Å². The summed E-state index contributed by atoms with van der Waals surface area (Å²) in [6.45, 7) is 0. The number of rotatable bonds is 7. The van der Waals surface area contributed by atoms with Gasteiger partial charge >= 0.3 is 0 Å². The smallest absolute Gasteiger partial charge is 0.0391 e. The van der Waals surface area contributed by atoms with Crippen LogP contribution in [0.25, 0.3) is 0 Å². The molecule has 39 heavy (non-hydrogen) atoms. The second-order valence-electron chi connectivity index (χ2n) is 11.0. The number of anilines is 1. The van der Waals surface area contributed by atoms with Gasteiger partial charge in [0.05, 0.1) is 0 Å². The summed E-state index contributed by atoms with van der Waals surface area (Å²) < 4.78 is 0. The van der Waals surface area contributed by atoms with Gasteiger partial charge in [-0.05, 0) is 57.7 Å². The molecule has 6 rings (SSSR count). The minimum atomic E-state index is 0.0712. The lowest BCUT2D eigenvalue weighted by Gasteiger charge is -2.30. The molecule has 0 radical (unpaired) electrons.